The minimum absolute atomic E-state index is 0.111. The molecule has 2 aliphatic rings. The van der Waals surface area contributed by atoms with Gasteiger partial charge in [0.05, 0.1) is 31.8 Å². The van der Waals surface area contributed by atoms with Crippen molar-refractivity contribution in [2.75, 3.05) is 46.3 Å². The summed E-state index contributed by atoms with van der Waals surface area (Å²) in [4.78, 5) is 143. The molecule has 66 heavy (non-hydrogen) atoms. The maximum Gasteiger partial charge on any atom is 0.326 e. The van der Waals surface area contributed by atoms with Crippen LogP contribution in [0.25, 0.3) is 0 Å². The quantitative estimate of drug-likeness (QED) is 0.0326. The van der Waals surface area contributed by atoms with Crippen LogP contribution in [0.15, 0.2) is 0 Å². The van der Waals surface area contributed by atoms with E-state index < -0.39 is 133 Å². The number of likely N-dealkylation sites (tertiary alicyclic amines) is 1. The number of likely N-dealkylation sites (N-methyl/N-ethyl adjacent to an activating group) is 1. The van der Waals surface area contributed by atoms with Crippen LogP contribution in [-0.4, -0.2) is 180 Å². The molecule has 0 aromatic heterocycles. The normalized spacial score (nSPS) is 19.0. The maximum absolute atomic E-state index is 13.4. The minimum Gasteiger partial charge on any atom is -0.480 e. The Morgan fingerprint density at radius 3 is 1.97 bits per heavy atom. The maximum atomic E-state index is 13.4. The number of aliphatic carboxylic acids is 1. The average Bonchev–Trinajstić information content (AvgIpc) is 3.93. The highest BCUT2D eigenvalue weighted by Crippen LogP contribution is 2.18. The van der Waals surface area contributed by atoms with Gasteiger partial charge < -0.3 is 74.0 Å². The van der Waals surface area contributed by atoms with Crippen molar-refractivity contribution in [1.29, 1.82) is 0 Å². The molecule has 0 saturated carbocycles. The lowest BCUT2D eigenvalue weighted by Crippen LogP contribution is -2.56. The molecular formula is C41H70N12O13. The Kier molecular flexibility index (Phi) is 24.0. The van der Waals surface area contributed by atoms with Crippen LogP contribution >= 0.6 is 0 Å². The Labute approximate surface area is 383 Å². The summed E-state index contributed by atoms with van der Waals surface area (Å²) in [5.74, 6) is -8.18. The van der Waals surface area contributed by atoms with Crippen LogP contribution in [0.3, 0.4) is 0 Å². The van der Waals surface area contributed by atoms with E-state index in [4.69, 9.17) is 11.5 Å². The molecule has 0 spiro atoms. The first kappa shape index (κ1) is 56.2. The van der Waals surface area contributed by atoms with Gasteiger partial charge in [-0.05, 0) is 84.1 Å². The Morgan fingerprint density at radius 1 is 0.742 bits per heavy atom. The van der Waals surface area contributed by atoms with E-state index in [1.807, 2.05) is 13.8 Å². The Bertz CT molecular complexity index is 1750. The molecule has 2 rings (SSSR count). The van der Waals surface area contributed by atoms with Crippen molar-refractivity contribution >= 4 is 65.0 Å². The molecule has 0 aliphatic carbocycles. The third-order valence-corrected chi connectivity index (χ3v) is 11.0. The molecule has 0 unspecified atom stereocenters. The second-order valence-electron chi connectivity index (χ2n) is 17.1. The van der Waals surface area contributed by atoms with E-state index in [1.165, 1.54) is 25.8 Å². The van der Waals surface area contributed by atoms with Crippen molar-refractivity contribution in [2.24, 2.45) is 17.4 Å². The van der Waals surface area contributed by atoms with E-state index in [-0.39, 0.29) is 51.1 Å². The number of unbranched alkanes of at least 4 members (excludes halogenated alkanes) is 1. The number of carbonyl (C=O) groups excluding carboxylic acids is 10. The number of amides is 10. The van der Waals surface area contributed by atoms with Gasteiger partial charge in [0.1, 0.15) is 36.3 Å². The van der Waals surface area contributed by atoms with Gasteiger partial charge in [0.2, 0.25) is 59.1 Å². The molecule has 2 heterocycles. The van der Waals surface area contributed by atoms with Crippen molar-refractivity contribution < 1.29 is 63.0 Å². The highest BCUT2D eigenvalue weighted by molar-refractivity contribution is 5.97. The molecule has 2 fully saturated rings. The summed E-state index contributed by atoms with van der Waals surface area (Å²) in [5, 5.41) is 39.3. The molecule has 2 aliphatic heterocycles. The number of primary amides is 1. The fourth-order valence-corrected chi connectivity index (χ4v) is 7.17. The number of aliphatic hydroxyl groups excluding tert-OH is 1. The fraction of sp³-hybridized carbons (Fsp3) is 0.732. The molecule has 14 N–H and O–H groups in total. The first-order chi connectivity index (χ1) is 31.0. The van der Waals surface area contributed by atoms with Crippen LogP contribution in [0.5, 0.6) is 0 Å². The molecule has 25 heteroatoms. The predicted molar refractivity (Wildman–Crippen MR) is 235 cm³/mol. The zero-order valence-electron chi connectivity index (χ0n) is 38.4. The Balaban J connectivity index is 1.95. The number of aliphatic hydroxyl groups is 1. The van der Waals surface area contributed by atoms with E-state index in [0.717, 1.165) is 4.90 Å². The lowest BCUT2D eigenvalue weighted by molar-refractivity contribution is -0.144. The average molecular weight is 939 g/mol. The summed E-state index contributed by atoms with van der Waals surface area (Å²) in [6.45, 7) is 5.70. The van der Waals surface area contributed by atoms with Crippen LogP contribution in [0.2, 0.25) is 0 Å². The third kappa shape index (κ3) is 19.7. The molecule has 25 nitrogen and oxygen atoms in total. The van der Waals surface area contributed by atoms with Gasteiger partial charge in [-0.2, -0.15) is 0 Å². The molecule has 0 radical (unpaired) electrons. The summed E-state index contributed by atoms with van der Waals surface area (Å²) in [6, 6.07) is -7.70. The van der Waals surface area contributed by atoms with Crippen LogP contribution in [0, 0.1) is 5.92 Å². The van der Waals surface area contributed by atoms with Crippen molar-refractivity contribution in [1.82, 2.24) is 52.3 Å². The van der Waals surface area contributed by atoms with E-state index in [9.17, 15) is 63.0 Å². The molecule has 0 aromatic rings. The number of carboxylic acids is 1. The van der Waals surface area contributed by atoms with Crippen molar-refractivity contribution in [3.05, 3.63) is 0 Å². The van der Waals surface area contributed by atoms with Crippen LogP contribution in [-0.2, 0) is 52.7 Å². The van der Waals surface area contributed by atoms with Gasteiger partial charge in [-0.15, -0.1) is 0 Å². The highest BCUT2D eigenvalue weighted by atomic mass is 16.4. The smallest absolute Gasteiger partial charge is 0.326 e. The number of rotatable bonds is 28. The van der Waals surface area contributed by atoms with Crippen molar-refractivity contribution in [3.63, 3.8) is 0 Å². The van der Waals surface area contributed by atoms with Gasteiger partial charge in [0.25, 0.3) is 0 Å². The number of nitrogens with two attached hydrogens (primary N) is 2. The Hall–Kier alpha value is -5.95. The number of hydrogen-bond acceptors (Lipinski definition) is 14. The molecule has 0 aromatic carbocycles. The summed E-state index contributed by atoms with van der Waals surface area (Å²) in [7, 11) is 1.28. The largest absolute Gasteiger partial charge is 0.480 e. The lowest BCUT2D eigenvalue weighted by Gasteiger charge is -2.26. The number of β-amino-alcohol motifs (C(OH)–C–C–N with tert-alkyl or cyclic N) is 1. The number of nitrogens with one attached hydrogen (secondary N) is 8. The molecule has 8 atom stereocenters. The van der Waals surface area contributed by atoms with Crippen molar-refractivity contribution in [3.8, 4) is 0 Å². The summed E-state index contributed by atoms with van der Waals surface area (Å²) < 4.78 is 0. The molecule has 372 valence electrons. The van der Waals surface area contributed by atoms with Crippen LogP contribution < -0.4 is 54.0 Å². The van der Waals surface area contributed by atoms with Gasteiger partial charge in [0.15, 0.2) is 0 Å². The molecule has 10 amide bonds. The van der Waals surface area contributed by atoms with Gasteiger partial charge in [-0.25, -0.2) is 4.79 Å². The second-order valence-corrected chi connectivity index (χ2v) is 17.1. The van der Waals surface area contributed by atoms with Crippen LogP contribution in [0.4, 0.5) is 0 Å². The van der Waals surface area contributed by atoms with Crippen LogP contribution in [0.1, 0.15) is 91.9 Å². The van der Waals surface area contributed by atoms with Gasteiger partial charge in [-0.3, -0.25) is 47.9 Å². The minimum atomic E-state index is -1.34. The number of carbonyl (C=O) groups is 11. The molecule has 2 saturated heterocycles. The number of carboxylic acid groups (broad SMARTS) is 1. The number of nitrogens with zero attached hydrogens (tertiary/aromatic N) is 2. The second kappa shape index (κ2) is 28.2. The summed E-state index contributed by atoms with van der Waals surface area (Å²) >= 11 is 0. The summed E-state index contributed by atoms with van der Waals surface area (Å²) in [5.41, 5.74) is 10.7. The molecule has 0 bridgehead atoms. The first-order valence-electron chi connectivity index (χ1n) is 22.3. The zero-order chi connectivity index (χ0) is 49.7. The standard InChI is InChI=1S/C41H70N12O13/c1-22(2)11-12-26(37(61)47-23(3)35(59)46-20-34(58)53-16-8-10-30(53)39(63)51-28(41(65)66)9-6-7-15-42)50-33(57)21-52(5)40(64)24(4)48-38(62)27(13-14-31(43)55)49-32(56)19-45-36(60)29-17-25(54)18-44-29/h22-30,44,54H,6-21,42H2,1-5H3,(H2,43,55)(H,45,60)(H,46,59)(H,47,61)(H,48,62)(H,49,56)(H,50,57)(H,51,63)(H,65,66)/t23-,24-,25+,26-,27-,28-,29-,30-/m0/s1. The van der Waals surface area contributed by atoms with E-state index in [2.05, 4.69) is 42.5 Å². The van der Waals surface area contributed by atoms with E-state index in [0.29, 0.717) is 38.6 Å². The van der Waals surface area contributed by atoms with E-state index >= 15 is 0 Å². The zero-order valence-corrected chi connectivity index (χ0v) is 38.4. The van der Waals surface area contributed by atoms with Crippen molar-refractivity contribution in [2.45, 2.75) is 140 Å². The lowest BCUT2D eigenvalue weighted by atomic mass is 10.0. The Morgan fingerprint density at radius 2 is 1.38 bits per heavy atom. The highest BCUT2D eigenvalue weighted by Gasteiger charge is 2.36. The van der Waals surface area contributed by atoms with Gasteiger partial charge >= 0.3 is 5.97 Å². The predicted octanol–water partition coefficient (Wildman–Crippen LogP) is -5.23. The SMILES string of the molecule is CC(C)CC[C@H](NC(=O)CN(C)C(=O)[C@H](C)NC(=O)[C@H](CCC(N)=O)NC(=O)CNC(=O)[C@@H]1C[C@@H](O)CN1)C(=O)N[C@@H](C)C(=O)NCC(=O)N1CCC[C@H]1C(=O)N[C@@H](CCCCN)C(=O)O. The molecular weight excluding hydrogens is 869 g/mol. The third-order valence-electron chi connectivity index (χ3n) is 11.0. The summed E-state index contributed by atoms with van der Waals surface area (Å²) in [6.07, 6.45) is 1.58. The first-order valence-corrected chi connectivity index (χ1v) is 22.3. The van der Waals surface area contributed by atoms with E-state index in [1.54, 1.807) is 0 Å². The topological polar surface area (TPSA) is 383 Å². The van der Waals surface area contributed by atoms with Gasteiger partial charge in [0, 0.05) is 26.6 Å². The van der Waals surface area contributed by atoms with Gasteiger partial charge in [-0.1, -0.05) is 13.8 Å². The monoisotopic (exact) mass is 939 g/mol. The fourth-order valence-electron chi connectivity index (χ4n) is 7.17. The number of hydrogen-bond donors (Lipinski definition) is 12.